The van der Waals surface area contributed by atoms with Gasteiger partial charge in [-0.3, -0.25) is 4.68 Å². The van der Waals surface area contributed by atoms with E-state index in [2.05, 4.69) is 9.82 Å². The second kappa shape index (κ2) is 5.47. The van der Waals surface area contributed by atoms with Crippen LogP contribution < -0.4 is 4.72 Å². The van der Waals surface area contributed by atoms with E-state index in [1.165, 1.54) is 10.9 Å². The van der Waals surface area contributed by atoms with Crippen molar-refractivity contribution in [2.24, 2.45) is 7.05 Å². The first-order valence-electron chi connectivity index (χ1n) is 7.54. The van der Waals surface area contributed by atoms with Crippen molar-refractivity contribution >= 4 is 10.0 Å². The molecule has 0 fully saturated rings. The van der Waals surface area contributed by atoms with Crippen molar-refractivity contribution in [1.82, 2.24) is 14.5 Å². The summed E-state index contributed by atoms with van der Waals surface area (Å²) in [6.07, 6.45) is 3.54. The average molecular weight is 339 g/mol. The summed E-state index contributed by atoms with van der Waals surface area (Å²) in [4.78, 5) is 0.173. The molecule has 1 aliphatic carbocycles. The van der Waals surface area contributed by atoms with Crippen LogP contribution in [0.15, 0.2) is 21.6 Å². The molecule has 2 N–H and O–H groups in total. The molecule has 126 valence electrons. The fraction of sp³-hybridized carbons (Fsp3) is 0.533. The quantitative estimate of drug-likeness (QED) is 0.870. The van der Waals surface area contributed by atoms with Gasteiger partial charge in [0.15, 0.2) is 0 Å². The number of fused-ring (bicyclic) bond motifs is 1. The van der Waals surface area contributed by atoms with Gasteiger partial charge in [-0.15, -0.1) is 0 Å². The monoisotopic (exact) mass is 339 g/mol. The molecule has 1 atom stereocenters. The van der Waals surface area contributed by atoms with Gasteiger partial charge in [0, 0.05) is 25.6 Å². The number of nitrogens with zero attached hydrogens (tertiary/aromatic N) is 2. The highest BCUT2D eigenvalue weighted by atomic mass is 32.2. The van der Waals surface area contributed by atoms with E-state index < -0.39 is 15.6 Å². The molecule has 2 aromatic heterocycles. The molecule has 0 bridgehead atoms. The number of aryl methyl sites for hydroxylation is 3. The van der Waals surface area contributed by atoms with E-state index in [-0.39, 0.29) is 11.4 Å². The number of aromatic nitrogens is 2. The molecule has 0 spiro atoms. The summed E-state index contributed by atoms with van der Waals surface area (Å²) < 4.78 is 34.7. The fourth-order valence-electron chi connectivity index (χ4n) is 3.24. The Morgan fingerprint density at radius 1 is 1.48 bits per heavy atom. The molecule has 2 heterocycles. The summed E-state index contributed by atoms with van der Waals surface area (Å²) in [5.74, 6) is 0.728. The summed E-state index contributed by atoms with van der Waals surface area (Å²) in [5.41, 5.74) is 0.440. The van der Waals surface area contributed by atoms with Gasteiger partial charge in [0.25, 0.3) is 0 Å². The number of hydrogen-bond donors (Lipinski definition) is 2. The Labute approximate surface area is 135 Å². The molecule has 23 heavy (non-hydrogen) atoms. The Morgan fingerprint density at radius 3 is 2.87 bits per heavy atom. The zero-order valence-electron chi connectivity index (χ0n) is 13.5. The van der Waals surface area contributed by atoms with Crippen LogP contribution in [-0.2, 0) is 29.1 Å². The molecular weight excluding hydrogens is 318 g/mol. The van der Waals surface area contributed by atoms with Crippen LogP contribution >= 0.6 is 0 Å². The standard InChI is InChI=1S/C15H21N3O4S/c1-10-14(11(2)18(3)17-10)23(20,21)16-9-15(19)7-4-5-13-12(15)6-8-22-13/h6,8,16,19H,4-5,7,9H2,1-3H3. The molecule has 0 saturated carbocycles. The van der Waals surface area contributed by atoms with Crippen LogP contribution in [0.4, 0.5) is 0 Å². The number of aliphatic hydroxyl groups is 1. The number of nitrogens with one attached hydrogen (secondary N) is 1. The third kappa shape index (κ3) is 2.71. The lowest BCUT2D eigenvalue weighted by molar-refractivity contribution is 0.0221. The van der Waals surface area contributed by atoms with Crippen LogP contribution in [-0.4, -0.2) is 29.8 Å². The lowest BCUT2D eigenvalue weighted by atomic mass is 9.83. The Kier molecular flexibility index (Phi) is 3.86. The van der Waals surface area contributed by atoms with E-state index in [0.29, 0.717) is 23.4 Å². The first-order chi connectivity index (χ1) is 10.7. The van der Waals surface area contributed by atoms with E-state index in [0.717, 1.165) is 18.6 Å². The highest BCUT2D eigenvalue weighted by Gasteiger charge is 2.38. The van der Waals surface area contributed by atoms with Crippen molar-refractivity contribution in [2.75, 3.05) is 6.54 Å². The zero-order valence-corrected chi connectivity index (χ0v) is 14.3. The molecule has 1 aliphatic rings. The molecule has 3 rings (SSSR count). The molecule has 0 aliphatic heterocycles. The van der Waals surface area contributed by atoms with Crippen molar-refractivity contribution in [3.8, 4) is 0 Å². The van der Waals surface area contributed by atoms with Gasteiger partial charge in [0.05, 0.1) is 17.7 Å². The SMILES string of the molecule is Cc1nn(C)c(C)c1S(=O)(=O)NCC1(O)CCCc2occc21. The summed E-state index contributed by atoms with van der Waals surface area (Å²) in [7, 11) is -2.05. The molecule has 8 heteroatoms. The van der Waals surface area contributed by atoms with Gasteiger partial charge in [0.2, 0.25) is 10.0 Å². The number of furan rings is 1. The van der Waals surface area contributed by atoms with Gasteiger partial charge in [-0.25, -0.2) is 13.1 Å². The van der Waals surface area contributed by atoms with Crippen molar-refractivity contribution in [2.45, 2.75) is 43.6 Å². The van der Waals surface area contributed by atoms with Crippen molar-refractivity contribution in [3.05, 3.63) is 35.0 Å². The smallest absolute Gasteiger partial charge is 0.244 e. The largest absolute Gasteiger partial charge is 0.469 e. The van der Waals surface area contributed by atoms with Crippen LogP contribution in [0, 0.1) is 13.8 Å². The Hall–Kier alpha value is -1.64. The summed E-state index contributed by atoms with van der Waals surface area (Å²) in [5, 5.41) is 15.0. The second-order valence-electron chi connectivity index (χ2n) is 6.09. The Bertz CT molecular complexity index is 837. The van der Waals surface area contributed by atoms with E-state index >= 15 is 0 Å². The third-order valence-electron chi connectivity index (χ3n) is 4.51. The number of rotatable bonds is 4. The third-order valence-corrected chi connectivity index (χ3v) is 6.16. The molecule has 0 radical (unpaired) electrons. The van der Waals surface area contributed by atoms with Gasteiger partial charge >= 0.3 is 0 Å². The van der Waals surface area contributed by atoms with Crippen molar-refractivity contribution in [3.63, 3.8) is 0 Å². The molecule has 0 aromatic carbocycles. The Morgan fingerprint density at radius 2 is 2.22 bits per heavy atom. The zero-order chi connectivity index (χ0) is 16.8. The molecule has 0 amide bonds. The first-order valence-corrected chi connectivity index (χ1v) is 9.02. The maximum absolute atomic E-state index is 12.6. The predicted octanol–water partition coefficient (Wildman–Crippen LogP) is 1.13. The predicted molar refractivity (Wildman–Crippen MR) is 83.4 cm³/mol. The van der Waals surface area contributed by atoms with E-state index in [4.69, 9.17) is 4.42 Å². The second-order valence-corrected chi connectivity index (χ2v) is 7.79. The van der Waals surface area contributed by atoms with E-state index in [1.807, 2.05) is 0 Å². The van der Waals surface area contributed by atoms with Crippen molar-refractivity contribution in [1.29, 1.82) is 0 Å². The Balaban J connectivity index is 1.86. The molecule has 2 aromatic rings. The lowest BCUT2D eigenvalue weighted by Crippen LogP contribution is -2.42. The van der Waals surface area contributed by atoms with Gasteiger partial charge in [-0.1, -0.05) is 0 Å². The first kappa shape index (κ1) is 16.2. The van der Waals surface area contributed by atoms with Gasteiger partial charge in [0.1, 0.15) is 16.3 Å². The maximum Gasteiger partial charge on any atom is 0.244 e. The normalized spacial score (nSPS) is 21.4. The lowest BCUT2D eigenvalue weighted by Gasteiger charge is -2.31. The van der Waals surface area contributed by atoms with Gasteiger partial charge in [-0.2, -0.15) is 5.10 Å². The fourth-order valence-corrected chi connectivity index (χ4v) is 4.76. The van der Waals surface area contributed by atoms with Crippen LogP contribution in [0.2, 0.25) is 0 Å². The highest BCUT2D eigenvalue weighted by Crippen LogP contribution is 2.35. The number of hydrogen-bond acceptors (Lipinski definition) is 5. The van der Waals surface area contributed by atoms with Gasteiger partial charge in [-0.05, 0) is 32.8 Å². The van der Waals surface area contributed by atoms with E-state index in [1.54, 1.807) is 27.0 Å². The minimum Gasteiger partial charge on any atom is -0.469 e. The average Bonchev–Trinajstić information content (AvgIpc) is 3.04. The van der Waals surface area contributed by atoms with Crippen molar-refractivity contribution < 1.29 is 17.9 Å². The summed E-state index contributed by atoms with van der Waals surface area (Å²) in [6, 6.07) is 1.71. The highest BCUT2D eigenvalue weighted by molar-refractivity contribution is 7.89. The topological polar surface area (TPSA) is 97.4 Å². The minimum atomic E-state index is -3.75. The molecular formula is C15H21N3O4S. The maximum atomic E-state index is 12.6. The molecule has 1 unspecified atom stereocenters. The van der Waals surface area contributed by atoms with Crippen LogP contribution in [0.5, 0.6) is 0 Å². The molecule has 0 saturated heterocycles. The minimum absolute atomic E-state index is 0.0877. The van der Waals surface area contributed by atoms with Crippen LogP contribution in [0.25, 0.3) is 0 Å². The van der Waals surface area contributed by atoms with Crippen LogP contribution in [0.1, 0.15) is 35.6 Å². The van der Waals surface area contributed by atoms with Gasteiger partial charge < -0.3 is 9.52 Å². The van der Waals surface area contributed by atoms with E-state index in [9.17, 15) is 13.5 Å². The van der Waals surface area contributed by atoms with Crippen LogP contribution in [0.3, 0.4) is 0 Å². The molecule has 7 nitrogen and oxygen atoms in total. The summed E-state index contributed by atoms with van der Waals surface area (Å²) >= 11 is 0. The summed E-state index contributed by atoms with van der Waals surface area (Å²) in [6.45, 7) is 3.28. The number of sulfonamides is 1.